The molecule has 3 saturated heterocycles. The van der Waals surface area contributed by atoms with E-state index in [0.29, 0.717) is 12.2 Å². The number of nitrogens with one attached hydrogen (secondary N) is 1. The fourth-order valence-electron chi connectivity index (χ4n) is 2.51. The standard InChI is InChI=1S/C10H16N2O2.ClH/c13-10(9-3-4-11-9)12-5-7-1-2-8(6-12)14-7;/h7-9,11H,1-6H2;1H/t7?,8?,9-;/m1./s1. The van der Waals surface area contributed by atoms with E-state index in [9.17, 15) is 4.79 Å². The minimum absolute atomic E-state index is 0. The number of halogens is 1. The molecule has 0 radical (unpaired) electrons. The van der Waals surface area contributed by atoms with Crippen LogP contribution in [0.1, 0.15) is 19.3 Å². The molecule has 3 fully saturated rings. The number of hydrogen-bond donors (Lipinski definition) is 1. The smallest absolute Gasteiger partial charge is 0.239 e. The van der Waals surface area contributed by atoms with Crippen molar-refractivity contribution < 1.29 is 9.53 Å². The summed E-state index contributed by atoms with van der Waals surface area (Å²) in [6, 6.07) is 0.104. The molecule has 0 aromatic rings. The van der Waals surface area contributed by atoms with Crippen LogP contribution in [-0.2, 0) is 9.53 Å². The molecule has 5 heteroatoms. The van der Waals surface area contributed by atoms with Crippen molar-refractivity contribution in [1.82, 2.24) is 10.2 Å². The summed E-state index contributed by atoms with van der Waals surface area (Å²) < 4.78 is 5.69. The Morgan fingerprint density at radius 1 is 1.20 bits per heavy atom. The number of likely N-dealkylation sites (tertiary alicyclic amines) is 1. The average molecular weight is 233 g/mol. The van der Waals surface area contributed by atoms with Gasteiger partial charge in [0.1, 0.15) is 0 Å². The number of carbonyl (C=O) groups is 1. The number of nitrogens with zero attached hydrogens (tertiary/aromatic N) is 1. The zero-order chi connectivity index (χ0) is 9.54. The molecule has 1 N–H and O–H groups in total. The summed E-state index contributed by atoms with van der Waals surface area (Å²) >= 11 is 0. The van der Waals surface area contributed by atoms with Crippen molar-refractivity contribution in [2.24, 2.45) is 0 Å². The number of carbonyl (C=O) groups excluding carboxylic acids is 1. The molecule has 3 heterocycles. The first-order valence-corrected chi connectivity index (χ1v) is 5.50. The number of morpholine rings is 1. The van der Waals surface area contributed by atoms with E-state index in [1.165, 1.54) is 0 Å². The maximum absolute atomic E-state index is 11.9. The molecule has 0 aromatic heterocycles. The number of rotatable bonds is 1. The van der Waals surface area contributed by atoms with Crippen LogP contribution in [0.5, 0.6) is 0 Å². The molecule has 15 heavy (non-hydrogen) atoms. The Kier molecular flexibility index (Phi) is 3.19. The number of fused-ring (bicyclic) bond motifs is 2. The van der Waals surface area contributed by atoms with Gasteiger partial charge in [-0.2, -0.15) is 0 Å². The fourth-order valence-corrected chi connectivity index (χ4v) is 2.51. The van der Waals surface area contributed by atoms with Crippen molar-refractivity contribution >= 4 is 18.3 Å². The van der Waals surface area contributed by atoms with Gasteiger partial charge in [-0.1, -0.05) is 0 Å². The number of amides is 1. The van der Waals surface area contributed by atoms with E-state index in [-0.39, 0.29) is 24.4 Å². The highest BCUT2D eigenvalue weighted by atomic mass is 35.5. The third kappa shape index (κ3) is 1.98. The monoisotopic (exact) mass is 232 g/mol. The first kappa shape index (κ1) is 11.2. The summed E-state index contributed by atoms with van der Waals surface area (Å²) in [7, 11) is 0. The first-order chi connectivity index (χ1) is 6.83. The van der Waals surface area contributed by atoms with E-state index in [1.54, 1.807) is 0 Å². The lowest BCUT2D eigenvalue weighted by Gasteiger charge is -2.37. The SMILES string of the molecule is Cl.O=C([C@H]1CCN1)N1CC2CCC(C1)O2. The van der Waals surface area contributed by atoms with E-state index in [0.717, 1.165) is 38.9 Å². The molecule has 2 unspecified atom stereocenters. The van der Waals surface area contributed by atoms with E-state index in [4.69, 9.17) is 4.74 Å². The highest BCUT2D eigenvalue weighted by Crippen LogP contribution is 2.27. The van der Waals surface area contributed by atoms with Gasteiger partial charge in [0.05, 0.1) is 18.2 Å². The van der Waals surface area contributed by atoms with Crippen LogP contribution in [-0.4, -0.2) is 48.7 Å². The van der Waals surface area contributed by atoms with Gasteiger partial charge in [-0.3, -0.25) is 4.79 Å². The molecular formula is C10H17ClN2O2. The molecule has 4 nitrogen and oxygen atoms in total. The van der Waals surface area contributed by atoms with Crippen molar-refractivity contribution in [1.29, 1.82) is 0 Å². The van der Waals surface area contributed by atoms with Crippen LogP contribution < -0.4 is 5.32 Å². The number of ether oxygens (including phenoxy) is 1. The van der Waals surface area contributed by atoms with Gasteiger partial charge in [0, 0.05) is 13.1 Å². The van der Waals surface area contributed by atoms with Crippen molar-refractivity contribution in [3.63, 3.8) is 0 Å². The lowest BCUT2D eigenvalue weighted by Crippen LogP contribution is -2.57. The van der Waals surface area contributed by atoms with Crippen molar-refractivity contribution in [2.75, 3.05) is 19.6 Å². The second-order valence-electron chi connectivity index (χ2n) is 4.50. The summed E-state index contributed by atoms with van der Waals surface area (Å²) in [6.07, 6.45) is 3.90. The van der Waals surface area contributed by atoms with Gasteiger partial charge in [0.25, 0.3) is 0 Å². The molecule has 3 rings (SSSR count). The van der Waals surface area contributed by atoms with E-state index < -0.39 is 0 Å². The summed E-state index contributed by atoms with van der Waals surface area (Å²) in [6.45, 7) is 2.62. The van der Waals surface area contributed by atoms with Crippen LogP contribution >= 0.6 is 12.4 Å². The van der Waals surface area contributed by atoms with Crippen LogP contribution in [0, 0.1) is 0 Å². The Morgan fingerprint density at radius 3 is 2.27 bits per heavy atom. The van der Waals surface area contributed by atoms with E-state index >= 15 is 0 Å². The molecule has 3 aliphatic heterocycles. The van der Waals surface area contributed by atoms with E-state index in [1.807, 2.05) is 4.90 Å². The van der Waals surface area contributed by atoms with Gasteiger partial charge >= 0.3 is 0 Å². The van der Waals surface area contributed by atoms with Gasteiger partial charge in [0.2, 0.25) is 5.91 Å². The largest absolute Gasteiger partial charge is 0.371 e. The minimum Gasteiger partial charge on any atom is -0.371 e. The fraction of sp³-hybridized carbons (Fsp3) is 0.900. The van der Waals surface area contributed by atoms with Crippen LogP contribution in [0.15, 0.2) is 0 Å². The maximum Gasteiger partial charge on any atom is 0.239 e. The molecule has 0 saturated carbocycles. The second-order valence-corrected chi connectivity index (χ2v) is 4.50. The lowest BCUT2D eigenvalue weighted by molar-refractivity contribution is -0.143. The number of hydrogen-bond acceptors (Lipinski definition) is 3. The van der Waals surface area contributed by atoms with Gasteiger partial charge in [0.15, 0.2) is 0 Å². The zero-order valence-corrected chi connectivity index (χ0v) is 9.46. The summed E-state index contributed by atoms with van der Waals surface area (Å²) in [4.78, 5) is 13.9. The average Bonchev–Trinajstić information content (AvgIpc) is 2.42. The van der Waals surface area contributed by atoms with Crippen molar-refractivity contribution in [2.45, 2.75) is 37.5 Å². The maximum atomic E-state index is 11.9. The summed E-state index contributed by atoms with van der Waals surface area (Å²) in [5.74, 6) is 0.288. The minimum atomic E-state index is 0. The highest BCUT2D eigenvalue weighted by Gasteiger charge is 2.38. The van der Waals surface area contributed by atoms with Crippen LogP contribution in [0.4, 0.5) is 0 Å². The van der Waals surface area contributed by atoms with Crippen LogP contribution in [0.2, 0.25) is 0 Å². The normalized spacial score (nSPS) is 38.1. The Morgan fingerprint density at radius 2 is 1.80 bits per heavy atom. The molecule has 3 aliphatic rings. The predicted molar refractivity (Wildman–Crippen MR) is 58.1 cm³/mol. The van der Waals surface area contributed by atoms with Crippen LogP contribution in [0.3, 0.4) is 0 Å². The lowest BCUT2D eigenvalue weighted by atomic mass is 10.1. The zero-order valence-electron chi connectivity index (χ0n) is 8.65. The second kappa shape index (κ2) is 4.28. The Bertz CT molecular complexity index is 246. The molecule has 0 spiro atoms. The Labute approximate surface area is 95.7 Å². The van der Waals surface area contributed by atoms with Gasteiger partial charge < -0.3 is 15.0 Å². The highest BCUT2D eigenvalue weighted by molar-refractivity contribution is 5.85. The molecular weight excluding hydrogens is 216 g/mol. The predicted octanol–water partition coefficient (Wildman–Crippen LogP) is 0.160. The third-order valence-corrected chi connectivity index (χ3v) is 3.48. The summed E-state index contributed by atoms with van der Waals surface area (Å²) in [5.41, 5.74) is 0. The molecule has 86 valence electrons. The first-order valence-electron chi connectivity index (χ1n) is 5.50. The topological polar surface area (TPSA) is 41.6 Å². The van der Waals surface area contributed by atoms with Gasteiger partial charge in [-0.15, -0.1) is 12.4 Å². The third-order valence-electron chi connectivity index (χ3n) is 3.48. The quantitative estimate of drug-likeness (QED) is 0.701. The van der Waals surface area contributed by atoms with E-state index in [2.05, 4.69) is 5.32 Å². The molecule has 1 amide bonds. The Balaban J connectivity index is 0.000000853. The van der Waals surface area contributed by atoms with Gasteiger partial charge in [-0.05, 0) is 25.8 Å². The summed E-state index contributed by atoms with van der Waals surface area (Å²) in [5, 5.41) is 3.16. The molecule has 0 aliphatic carbocycles. The van der Waals surface area contributed by atoms with Gasteiger partial charge in [-0.25, -0.2) is 0 Å². The van der Waals surface area contributed by atoms with Crippen molar-refractivity contribution in [3.8, 4) is 0 Å². The van der Waals surface area contributed by atoms with Crippen LogP contribution in [0.25, 0.3) is 0 Å². The Hall–Kier alpha value is -0.320. The molecule has 3 atom stereocenters. The van der Waals surface area contributed by atoms with Crippen molar-refractivity contribution in [3.05, 3.63) is 0 Å². The molecule has 2 bridgehead atoms. The molecule has 0 aromatic carbocycles.